The highest BCUT2D eigenvalue weighted by Gasteiger charge is 2.30. The van der Waals surface area contributed by atoms with Crippen LogP contribution in [0.3, 0.4) is 0 Å². The van der Waals surface area contributed by atoms with Crippen molar-refractivity contribution in [3.63, 3.8) is 0 Å². The maximum Gasteiger partial charge on any atom is 0.287 e. The molecule has 154 valence electrons. The highest BCUT2D eigenvalue weighted by Crippen LogP contribution is 2.32. The lowest BCUT2D eigenvalue weighted by Crippen LogP contribution is -2.31. The van der Waals surface area contributed by atoms with Crippen molar-refractivity contribution in [2.45, 2.75) is 32.2 Å². The first-order chi connectivity index (χ1) is 13.6. The van der Waals surface area contributed by atoms with Crippen LogP contribution in [0.1, 0.15) is 24.7 Å². The number of hydrogen-bond acceptors (Lipinski definition) is 6. The topological polar surface area (TPSA) is 63.0 Å². The molecule has 4 heterocycles. The summed E-state index contributed by atoms with van der Waals surface area (Å²) in [6.45, 7) is 4.13. The number of pyridine rings is 1. The first-order valence-corrected chi connectivity index (χ1v) is 9.71. The number of halogens is 3. The molecule has 0 spiro atoms. The summed E-state index contributed by atoms with van der Waals surface area (Å²) in [5.74, 6) is -2.27. The summed E-state index contributed by atoms with van der Waals surface area (Å²) >= 11 is 6.11. The minimum atomic E-state index is -3.08. The summed E-state index contributed by atoms with van der Waals surface area (Å²) in [6.07, 6.45) is 2.67. The molecule has 7 nitrogen and oxygen atoms in total. The zero-order valence-electron chi connectivity index (χ0n) is 16.7. The molecule has 0 aliphatic carbocycles. The van der Waals surface area contributed by atoms with Gasteiger partial charge in [0.05, 0.1) is 10.9 Å². The number of likely N-dealkylation sites (N-methyl/N-ethyl adjacent to an activating group) is 1. The number of alkyl halides is 2. The van der Waals surface area contributed by atoms with E-state index < -0.39 is 5.92 Å². The Morgan fingerprint density at radius 1 is 1.24 bits per heavy atom. The molecule has 0 bridgehead atoms. The van der Waals surface area contributed by atoms with Crippen LogP contribution in [-0.4, -0.2) is 62.9 Å². The fraction of sp³-hybridized carbons (Fsp3) is 0.474. The smallest absolute Gasteiger partial charge is 0.287 e. The molecule has 4 rings (SSSR count). The molecule has 1 aliphatic rings. The van der Waals surface area contributed by atoms with Gasteiger partial charge in [0, 0.05) is 44.0 Å². The molecule has 3 aromatic rings. The van der Waals surface area contributed by atoms with E-state index in [1.54, 1.807) is 19.2 Å². The zero-order valence-corrected chi connectivity index (χ0v) is 17.5. The van der Waals surface area contributed by atoms with Crippen molar-refractivity contribution < 1.29 is 8.78 Å². The van der Waals surface area contributed by atoms with Crippen molar-refractivity contribution in [1.29, 1.82) is 0 Å². The van der Waals surface area contributed by atoms with Crippen molar-refractivity contribution >= 4 is 28.3 Å². The summed E-state index contributed by atoms with van der Waals surface area (Å²) in [5, 5.41) is 5.76. The van der Waals surface area contributed by atoms with Gasteiger partial charge in [-0.05, 0) is 33.5 Å². The van der Waals surface area contributed by atoms with E-state index in [4.69, 9.17) is 16.7 Å². The maximum atomic E-state index is 13.9. The van der Waals surface area contributed by atoms with Crippen LogP contribution in [0.15, 0.2) is 18.3 Å². The average Bonchev–Trinajstić information content (AvgIpc) is 3.24. The molecule has 10 heteroatoms. The van der Waals surface area contributed by atoms with Crippen molar-refractivity contribution in [2.75, 3.05) is 32.1 Å². The summed E-state index contributed by atoms with van der Waals surface area (Å²) in [7, 11) is 4.11. The predicted molar refractivity (Wildman–Crippen MR) is 108 cm³/mol. The van der Waals surface area contributed by atoms with Gasteiger partial charge in [-0.1, -0.05) is 11.6 Å². The van der Waals surface area contributed by atoms with Crippen molar-refractivity contribution in [3.05, 3.63) is 34.9 Å². The lowest BCUT2D eigenvalue weighted by atomic mass is 10.2. The van der Waals surface area contributed by atoms with E-state index in [1.807, 2.05) is 0 Å². The van der Waals surface area contributed by atoms with Crippen LogP contribution in [0.5, 0.6) is 0 Å². The molecule has 0 radical (unpaired) electrons. The quantitative estimate of drug-likeness (QED) is 0.601. The fourth-order valence-corrected chi connectivity index (χ4v) is 3.74. The molecule has 1 saturated heterocycles. The predicted octanol–water partition coefficient (Wildman–Crippen LogP) is 3.42. The second-order valence-electron chi connectivity index (χ2n) is 7.69. The molecule has 0 amide bonds. The van der Waals surface area contributed by atoms with Gasteiger partial charge in [-0.3, -0.25) is 0 Å². The average molecular weight is 422 g/mol. The third kappa shape index (κ3) is 3.76. The molecule has 0 aromatic carbocycles. The molecule has 1 unspecified atom stereocenters. The van der Waals surface area contributed by atoms with Crippen molar-refractivity contribution in [1.82, 2.24) is 29.6 Å². The Balaban J connectivity index is 1.86. The molecule has 0 saturated carbocycles. The van der Waals surface area contributed by atoms with Crippen molar-refractivity contribution in [2.24, 2.45) is 0 Å². The second kappa shape index (κ2) is 7.14. The second-order valence-corrected chi connectivity index (χ2v) is 8.08. The standard InChI is InChI=1S/C19H22ClF2N7/c1-11-7-15(19(2,21)22)25-18(24-11)29-14-8-16(20)23-9-13(14)17(26-29)28-6-5-12(10-28)27(3)4/h7-9,12H,5-6,10H2,1-4H3. The summed E-state index contributed by atoms with van der Waals surface area (Å²) < 4.78 is 29.3. The van der Waals surface area contributed by atoms with Crippen LogP contribution >= 0.6 is 11.6 Å². The minimum Gasteiger partial charge on any atom is -0.353 e. The molecular weight excluding hydrogens is 400 g/mol. The Hall–Kier alpha value is -2.39. The number of anilines is 1. The van der Waals surface area contributed by atoms with Gasteiger partial charge in [0.25, 0.3) is 11.9 Å². The number of aromatic nitrogens is 5. The van der Waals surface area contributed by atoms with E-state index in [0.717, 1.165) is 37.6 Å². The first kappa shape index (κ1) is 19.9. The SMILES string of the molecule is Cc1cc(C(C)(F)F)nc(-n2nc(N3CCC(N(C)C)C3)c3cnc(Cl)cc32)n1. The van der Waals surface area contributed by atoms with Crippen LogP contribution in [0.2, 0.25) is 5.15 Å². The van der Waals surface area contributed by atoms with E-state index >= 15 is 0 Å². The molecule has 3 aromatic heterocycles. The van der Waals surface area contributed by atoms with Gasteiger partial charge < -0.3 is 9.80 Å². The maximum absolute atomic E-state index is 13.9. The number of hydrogen-bond donors (Lipinski definition) is 0. The largest absolute Gasteiger partial charge is 0.353 e. The van der Waals surface area contributed by atoms with Gasteiger partial charge in [-0.15, -0.1) is 5.10 Å². The van der Waals surface area contributed by atoms with Gasteiger partial charge in [0.2, 0.25) is 0 Å². The number of rotatable bonds is 4. The lowest BCUT2D eigenvalue weighted by Gasteiger charge is -2.20. The van der Waals surface area contributed by atoms with E-state index in [-0.39, 0.29) is 16.8 Å². The summed E-state index contributed by atoms with van der Waals surface area (Å²) in [6, 6.07) is 3.35. The molecule has 1 atom stereocenters. The third-order valence-corrected chi connectivity index (χ3v) is 5.39. The third-order valence-electron chi connectivity index (χ3n) is 5.19. The highest BCUT2D eigenvalue weighted by molar-refractivity contribution is 6.30. The normalized spacial score (nSPS) is 17.7. The minimum absolute atomic E-state index is 0.0865. The number of fused-ring (bicyclic) bond motifs is 1. The Labute approximate surface area is 172 Å². The van der Waals surface area contributed by atoms with Crippen LogP contribution in [-0.2, 0) is 5.92 Å². The van der Waals surface area contributed by atoms with Gasteiger partial charge >= 0.3 is 0 Å². The van der Waals surface area contributed by atoms with E-state index in [1.165, 1.54) is 10.7 Å². The van der Waals surface area contributed by atoms with Crippen molar-refractivity contribution in [3.8, 4) is 5.95 Å². The van der Waals surface area contributed by atoms with Gasteiger partial charge in [-0.25, -0.2) is 15.0 Å². The summed E-state index contributed by atoms with van der Waals surface area (Å²) in [4.78, 5) is 17.0. The van der Waals surface area contributed by atoms with Crippen LogP contribution < -0.4 is 4.90 Å². The van der Waals surface area contributed by atoms with E-state index in [9.17, 15) is 8.78 Å². The number of nitrogens with zero attached hydrogens (tertiary/aromatic N) is 7. The van der Waals surface area contributed by atoms with Gasteiger partial charge in [0.15, 0.2) is 5.82 Å². The molecule has 1 aliphatic heterocycles. The zero-order chi connectivity index (χ0) is 20.9. The Kier molecular flexibility index (Phi) is 4.90. The van der Waals surface area contributed by atoms with E-state index in [0.29, 0.717) is 17.3 Å². The van der Waals surface area contributed by atoms with Gasteiger partial charge in [0.1, 0.15) is 10.8 Å². The lowest BCUT2D eigenvalue weighted by molar-refractivity contribution is 0.0125. The highest BCUT2D eigenvalue weighted by atomic mass is 35.5. The van der Waals surface area contributed by atoms with Crippen LogP contribution in [0, 0.1) is 6.92 Å². The van der Waals surface area contributed by atoms with E-state index in [2.05, 4.69) is 38.8 Å². The Morgan fingerprint density at radius 2 is 2.00 bits per heavy atom. The van der Waals surface area contributed by atoms with Gasteiger partial charge in [-0.2, -0.15) is 13.5 Å². The first-order valence-electron chi connectivity index (χ1n) is 9.33. The van der Waals surface area contributed by atoms with Crippen LogP contribution in [0.25, 0.3) is 16.9 Å². The molecule has 0 N–H and O–H groups in total. The number of aryl methyl sites for hydroxylation is 1. The summed E-state index contributed by atoms with van der Waals surface area (Å²) in [5.41, 5.74) is 0.717. The van der Waals surface area contributed by atoms with Crippen LogP contribution in [0.4, 0.5) is 14.6 Å². The Bertz CT molecular complexity index is 1060. The fourth-order valence-electron chi connectivity index (χ4n) is 3.58. The monoisotopic (exact) mass is 421 g/mol. The molecule has 29 heavy (non-hydrogen) atoms. The molecular formula is C19H22ClF2N7. The Morgan fingerprint density at radius 3 is 2.66 bits per heavy atom. The molecule has 1 fully saturated rings.